The van der Waals surface area contributed by atoms with Crippen molar-refractivity contribution in [1.82, 2.24) is 20.3 Å². The molecule has 1 N–H and O–H groups in total. The summed E-state index contributed by atoms with van der Waals surface area (Å²) in [6.45, 7) is 4.54. The molecule has 2 aromatic heterocycles. The number of carbonyl (C=O) groups is 1. The third kappa shape index (κ3) is 4.91. The Labute approximate surface area is 150 Å². The summed E-state index contributed by atoms with van der Waals surface area (Å²) in [6.07, 6.45) is 5.77. The van der Waals surface area contributed by atoms with Crippen molar-refractivity contribution in [2.45, 2.75) is 24.1 Å². The Balaban J connectivity index is 1.41. The van der Waals surface area contributed by atoms with Crippen LogP contribution in [0.5, 0.6) is 0 Å². The van der Waals surface area contributed by atoms with Gasteiger partial charge in [-0.3, -0.25) is 4.79 Å². The molecule has 0 saturated carbocycles. The van der Waals surface area contributed by atoms with Crippen molar-refractivity contribution in [2.24, 2.45) is 5.92 Å². The molecule has 1 fully saturated rings. The molecule has 1 saturated heterocycles. The number of aromatic nitrogens is 3. The summed E-state index contributed by atoms with van der Waals surface area (Å²) in [6, 6.07) is 1.83. The van der Waals surface area contributed by atoms with Gasteiger partial charge in [0.15, 0.2) is 4.34 Å². The number of rotatable bonds is 6. The molecule has 8 heteroatoms. The Morgan fingerprint density at radius 1 is 1.46 bits per heavy atom. The molecule has 3 rings (SSSR count). The highest BCUT2D eigenvalue weighted by Crippen LogP contribution is 2.22. The molecule has 0 radical (unpaired) electrons. The van der Waals surface area contributed by atoms with E-state index in [4.69, 9.17) is 0 Å². The molecule has 128 valence electrons. The fraction of sp³-hybridized carbons (Fsp3) is 0.500. The number of thioether (sulfide) groups is 1. The molecule has 0 aliphatic carbocycles. The van der Waals surface area contributed by atoms with E-state index >= 15 is 0 Å². The van der Waals surface area contributed by atoms with Crippen molar-refractivity contribution in [2.75, 3.05) is 30.3 Å². The number of carbonyl (C=O) groups excluding carboxylic acids is 1. The van der Waals surface area contributed by atoms with Gasteiger partial charge in [-0.2, -0.15) is 0 Å². The molecular formula is C16H21N5OS2. The summed E-state index contributed by atoms with van der Waals surface area (Å²) >= 11 is 3.09. The number of amides is 1. The molecule has 1 atom stereocenters. The van der Waals surface area contributed by atoms with E-state index in [0.29, 0.717) is 18.2 Å². The van der Waals surface area contributed by atoms with E-state index in [-0.39, 0.29) is 5.91 Å². The minimum absolute atomic E-state index is 0.0703. The fourth-order valence-electron chi connectivity index (χ4n) is 2.70. The lowest BCUT2D eigenvalue weighted by Gasteiger charge is -2.32. The van der Waals surface area contributed by atoms with Gasteiger partial charge in [0.25, 0.3) is 0 Å². The second kappa shape index (κ2) is 8.43. The predicted octanol–water partition coefficient (Wildman–Crippen LogP) is 2.37. The van der Waals surface area contributed by atoms with Crippen molar-refractivity contribution in [3.8, 4) is 0 Å². The Kier molecular flexibility index (Phi) is 6.03. The lowest BCUT2D eigenvalue weighted by molar-refractivity contribution is -0.118. The molecule has 24 heavy (non-hydrogen) atoms. The van der Waals surface area contributed by atoms with Gasteiger partial charge >= 0.3 is 0 Å². The number of hydrogen-bond donors (Lipinski definition) is 1. The molecule has 1 aliphatic rings. The van der Waals surface area contributed by atoms with Gasteiger partial charge in [0, 0.05) is 43.1 Å². The number of aryl methyl sites for hydroxylation is 1. The van der Waals surface area contributed by atoms with Crippen molar-refractivity contribution < 1.29 is 4.79 Å². The molecule has 1 aliphatic heterocycles. The van der Waals surface area contributed by atoms with E-state index < -0.39 is 0 Å². The third-order valence-electron chi connectivity index (χ3n) is 3.87. The minimum Gasteiger partial charge on any atom is -0.355 e. The average Bonchev–Trinajstić information content (AvgIpc) is 3.04. The van der Waals surface area contributed by atoms with Crippen LogP contribution in [0, 0.1) is 12.8 Å². The minimum atomic E-state index is 0.0703. The number of anilines is 1. The second-order valence-electron chi connectivity index (χ2n) is 5.85. The molecular weight excluding hydrogens is 342 g/mol. The number of nitrogens with zero attached hydrogens (tertiary/aromatic N) is 4. The van der Waals surface area contributed by atoms with Gasteiger partial charge < -0.3 is 10.2 Å². The first kappa shape index (κ1) is 17.2. The molecule has 0 aromatic carbocycles. The lowest BCUT2D eigenvalue weighted by Crippen LogP contribution is -2.42. The maximum absolute atomic E-state index is 12.0. The molecule has 0 spiro atoms. The van der Waals surface area contributed by atoms with Crippen LogP contribution in [-0.4, -0.2) is 46.2 Å². The van der Waals surface area contributed by atoms with Gasteiger partial charge in [-0.15, -0.1) is 11.3 Å². The van der Waals surface area contributed by atoms with Crippen LogP contribution in [0.2, 0.25) is 0 Å². The summed E-state index contributed by atoms with van der Waals surface area (Å²) in [5.74, 6) is 1.72. The third-order valence-corrected chi connectivity index (χ3v) is 6.01. The fourth-order valence-corrected chi connectivity index (χ4v) is 4.38. The van der Waals surface area contributed by atoms with Gasteiger partial charge in [0.2, 0.25) is 11.9 Å². The number of thiazole rings is 1. The second-order valence-corrected chi connectivity index (χ2v) is 7.93. The highest BCUT2D eigenvalue weighted by Gasteiger charge is 2.22. The van der Waals surface area contributed by atoms with E-state index in [1.54, 1.807) is 23.7 Å². The van der Waals surface area contributed by atoms with Gasteiger partial charge in [-0.05, 0) is 31.7 Å². The van der Waals surface area contributed by atoms with E-state index in [1.807, 2.05) is 18.4 Å². The zero-order valence-electron chi connectivity index (χ0n) is 13.6. The lowest BCUT2D eigenvalue weighted by atomic mass is 9.98. The van der Waals surface area contributed by atoms with Gasteiger partial charge in [0.1, 0.15) is 0 Å². The van der Waals surface area contributed by atoms with Crippen LogP contribution in [0.25, 0.3) is 0 Å². The topological polar surface area (TPSA) is 71.0 Å². The van der Waals surface area contributed by atoms with Gasteiger partial charge in [-0.25, -0.2) is 15.0 Å². The van der Waals surface area contributed by atoms with E-state index in [0.717, 1.165) is 41.9 Å². The van der Waals surface area contributed by atoms with Crippen LogP contribution in [0.1, 0.15) is 18.5 Å². The first-order valence-corrected chi connectivity index (χ1v) is 9.91. The predicted molar refractivity (Wildman–Crippen MR) is 97.6 cm³/mol. The zero-order valence-corrected chi connectivity index (χ0v) is 15.3. The molecule has 1 amide bonds. The molecule has 3 heterocycles. The van der Waals surface area contributed by atoms with E-state index in [1.165, 1.54) is 11.8 Å². The van der Waals surface area contributed by atoms with E-state index in [9.17, 15) is 4.79 Å². The highest BCUT2D eigenvalue weighted by molar-refractivity contribution is 8.01. The van der Waals surface area contributed by atoms with Crippen LogP contribution in [0.3, 0.4) is 0 Å². The number of hydrogen-bond acceptors (Lipinski definition) is 7. The van der Waals surface area contributed by atoms with Crippen LogP contribution in [0.15, 0.2) is 28.2 Å². The van der Waals surface area contributed by atoms with Crippen molar-refractivity contribution in [1.29, 1.82) is 0 Å². The maximum Gasteiger partial charge on any atom is 0.230 e. The smallest absolute Gasteiger partial charge is 0.230 e. The first-order chi connectivity index (χ1) is 11.7. The molecule has 6 nitrogen and oxygen atoms in total. The normalized spacial score (nSPS) is 17.7. The Morgan fingerprint density at radius 2 is 2.29 bits per heavy atom. The average molecular weight is 364 g/mol. The zero-order chi connectivity index (χ0) is 16.8. The van der Waals surface area contributed by atoms with Crippen LogP contribution in [0.4, 0.5) is 5.95 Å². The largest absolute Gasteiger partial charge is 0.355 e. The summed E-state index contributed by atoms with van der Waals surface area (Å²) in [4.78, 5) is 27.2. The molecule has 0 bridgehead atoms. The van der Waals surface area contributed by atoms with Gasteiger partial charge in [-0.1, -0.05) is 11.8 Å². The SMILES string of the molecule is Cc1csc(SCC(=O)NCC2CCCN(c3ncccn3)C2)n1. The summed E-state index contributed by atoms with van der Waals surface area (Å²) < 4.78 is 0.952. The Bertz CT molecular complexity index is 663. The maximum atomic E-state index is 12.0. The van der Waals surface area contributed by atoms with Crippen LogP contribution < -0.4 is 10.2 Å². The standard InChI is InChI=1S/C16H21N5OS2/c1-12-10-23-16(20-12)24-11-14(22)19-8-13-4-2-7-21(9-13)15-17-5-3-6-18-15/h3,5-6,10,13H,2,4,7-9,11H2,1H3,(H,19,22). The summed E-state index contributed by atoms with van der Waals surface area (Å²) in [5.41, 5.74) is 1.01. The monoisotopic (exact) mass is 363 g/mol. The van der Waals surface area contributed by atoms with Crippen molar-refractivity contribution >= 4 is 35.0 Å². The Morgan fingerprint density at radius 3 is 3.04 bits per heavy atom. The van der Waals surface area contributed by atoms with Crippen molar-refractivity contribution in [3.63, 3.8) is 0 Å². The van der Waals surface area contributed by atoms with Crippen LogP contribution >= 0.6 is 23.1 Å². The number of nitrogens with one attached hydrogen (secondary N) is 1. The van der Waals surface area contributed by atoms with Gasteiger partial charge in [0.05, 0.1) is 5.75 Å². The highest BCUT2D eigenvalue weighted by atomic mass is 32.2. The van der Waals surface area contributed by atoms with Crippen molar-refractivity contribution in [3.05, 3.63) is 29.5 Å². The summed E-state index contributed by atoms with van der Waals surface area (Å²) in [5, 5.41) is 5.05. The molecule has 1 unspecified atom stereocenters. The van der Waals surface area contributed by atoms with Crippen LogP contribution in [-0.2, 0) is 4.79 Å². The van der Waals surface area contributed by atoms with E-state index in [2.05, 4.69) is 25.2 Å². The quantitative estimate of drug-likeness (QED) is 0.795. The number of piperidine rings is 1. The summed E-state index contributed by atoms with van der Waals surface area (Å²) in [7, 11) is 0. The first-order valence-electron chi connectivity index (χ1n) is 8.04. The Hall–Kier alpha value is -1.67. The molecule has 2 aromatic rings.